The second-order valence-corrected chi connectivity index (χ2v) is 22.2. The van der Waals surface area contributed by atoms with Gasteiger partial charge < -0.3 is 20.1 Å². The maximum Gasteiger partial charge on any atom is 0.261 e. The molecule has 0 aliphatic carbocycles. The molecule has 2 unspecified atom stereocenters. The Labute approximate surface area is 421 Å². The van der Waals surface area contributed by atoms with E-state index in [1.165, 1.54) is 49.4 Å². The highest BCUT2D eigenvalue weighted by atomic mass is 16.5. The van der Waals surface area contributed by atoms with E-state index in [0.29, 0.717) is 36.4 Å². The molecule has 0 bridgehead atoms. The highest BCUT2D eigenvalue weighted by Gasteiger charge is 2.36. The Hall–Kier alpha value is -5.24. The van der Waals surface area contributed by atoms with Crippen molar-refractivity contribution >= 4 is 11.8 Å². The number of aryl methyl sites for hydroxylation is 6. The molecular weight excluding hydrogens is 867 g/mol. The standard InChI is InChI=1S/C37H47NO4.C26H38O2/c1-8-37(9-2,28-17-15-27(25(3)23-28)16-20-33(39)36(5,6)7)29-18-19-32(26(4)24-29)42-22-12-21-38-34(40)30-13-10-11-14-31(30)35(38)41;1-8-26(9-2,22-13-14-23(27)19(4)17-22)21-12-10-20(18(3)16-21)11-15-24(28)25(5,6)7/h10-11,13-15,17-19,23-24,33,39H,8-9,12,16,20-22H2,1-7H3;10,12-14,16-17,24,27-28H,8-9,11,15H2,1-7H3. The fraction of sp³-hybridized carbons (Fsp3) is 0.492. The Balaban J connectivity index is 0.000000283. The number of phenolic OH excluding ortho intramolecular Hbond substituents is 1. The lowest BCUT2D eigenvalue weighted by Crippen LogP contribution is -2.31. The fourth-order valence-corrected chi connectivity index (χ4v) is 10.4. The van der Waals surface area contributed by atoms with Crippen LogP contribution in [0.2, 0.25) is 0 Å². The summed E-state index contributed by atoms with van der Waals surface area (Å²) in [7, 11) is 0. The zero-order valence-electron chi connectivity index (χ0n) is 45.2. The van der Waals surface area contributed by atoms with Crippen LogP contribution in [0.15, 0.2) is 97.1 Å². The molecule has 378 valence electrons. The number of hydrogen-bond acceptors (Lipinski definition) is 6. The molecule has 5 aromatic carbocycles. The minimum atomic E-state index is -0.326. The van der Waals surface area contributed by atoms with E-state index >= 15 is 0 Å². The first-order valence-corrected chi connectivity index (χ1v) is 26.0. The van der Waals surface area contributed by atoms with Gasteiger partial charge in [-0.1, -0.05) is 142 Å². The topological polar surface area (TPSA) is 107 Å². The predicted octanol–water partition coefficient (Wildman–Crippen LogP) is 14.3. The molecule has 3 N–H and O–H groups in total. The van der Waals surface area contributed by atoms with Gasteiger partial charge in [-0.25, -0.2) is 0 Å². The van der Waals surface area contributed by atoms with E-state index < -0.39 is 0 Å². The van der Waals surface area contributed by atoms with Crippen molar-refractivity contribution in [3.8, 4) is 11.5 Å². The molecule has 2 amide bonds. The summed E-state index contributed by atoms with van der Waals surface area (Å²) in [5, 5.41) is 30.8. The van der Waals surface area contributed by atoms with E-state index in [1.807, 2.05) is 13.0 Å². The molecule has 0 saturated heterocycles. The normalized spacial score (nSPS) is 14.0. The van der Waals surface area contributed by atoms with Crippen molar-refractivity contribution in [3.05, 3.63) is 164 Å². The maximum atomic E-state index is 12.6. The minimum Gasteiger partial charge on any atom is -0.508 e. The molecule has 0 radical (unpaired) electrons. The van der Waals surface area contributed by atoms with Crippen molar-refractivity contribution in [3.63, 3.8) is 0 Å². The quantitative estimate of drug-likeness (QED) is 0.0562. The number of amides is 2. The van der Waals surface area contributed by atoms with E-state index in [4.69, 9.17) is 4.74 Å². The van der Waals surface area contributed by atoms with Crippen LogP contribution in [0.3, 0.4) is 0 Å². The van der Waals surface area contributed by atoms with E-state index in [2.05, 4.69) is 157 Å². The van der Waals surface area contributed by atoms with E-state index in [-0.39, 0.29) is 45.7 Å². The number of ether oxygens (including phenoxy) is 1. The molecule has 0 fully saturated rings. The predicted molar refractivity (Wildman–Crippen MR) is 289 cm³/mol. The van der Waals surface area contributed by atoms with Crippen LogP contribution in [-0.2, 0) is 23.7 Å². The van der Waals surface area contributed by atoms with Crippen LogP contribution in [-0.4, -0.2) is 57.4 Å². The number of nitrogens with zero attached hydrogens (tertiary/aromatic N) is 1. The third-order valence-corrected chi connectivity index (χ3v) is 15.7. The molecule has 7 nitrogen and oxygen atoms in total. The van der Waals surface area contributed by atoms with E-state index in [0.717, 1.165) is 68.2 Å². The van der Waals surface area contributed by atoms with Gasteiger partial charge in [0.05, 0.1) is 29.9 Å². The van der Waals surface area contributed by atoms with Crippen molar-refractivity contribution in [2.24, 2.45) is 10.8 Å². The van der Waals surface area contributed by atoms with Gasteiger partial charge in [0.15, 0.2) is 0 Å². The zero-order chi connectivity index (χ0) is 51.8. The average Bonchev–Trinajstić information content (AvgIpc) is 3.56. The summed E-state index contributed by atoms with van der Waals surface area (Å²) < 4.78 is 6.12. The summed E-state index contributed by atoms with van der Waals surface area (Å²) in [5.41, 5.74) is 13.0. The highest BCUT2D eigenvalue weighted by Crippen LogP contribution is 2.43. The number of carbonyl (C=O) groups is 2. The number of imide groups is 1. The van der Waals surface area contributed by atoms with Crippen molar-refractivity contribution < 1.29 is 29.6 Å². The van der Waals surface area contributed by atoms with Gasteiger partial charge in [0, 0.05) is 17.4 Å². The van der Waals surface area contributed by atoms with Crippen LogP contribution in [0.25, 0.3) is 0 Å². The summed E-state index contributed by atoms with van der Waals surface area (Å²) in [6.45, 7) is 30.7. The van der Waals surface area contributed by atoms with Gasteiger partial charge in [0.2, 0.25) is 0 Å². The first-order chi connectivity index (χ1) is 33.0. The van der Waals surface area contributed by atoms with Gasteiger partial charge >= 0.3 is 0 Å². The van der Waals surface area contributed by atoms with Crippen molar-refractivity contribution in [1.29, 1.82) is 0 Å². The molecule has 6 rings (SSSR count). The van der Waals surface area contributed by atoms with Gasteiger partial charge in [0.25, 0.3) is 11.8 Å². The second kappa shape index (κ2) is 23.3. The van der Waals surface area contributed by atoms with E-state index in [1.54, 1.807) is 24.3 Å². The first kappa shape index (κ1) is 55.7. The summed E-state index contributed by atoms with van der Waals surface area (Å²) in [6.07, 6.45) is 7.23. The molecule has 0 aromatic heterocycles. The smallest absolute Gasteiger partial charge is 0.261 e. The van der Waals surface area contributed by atoms with Gasteiger partial charge in [-0.3, -0.25) is 14.5 Å². The Kier molecular flexibility index (Phi) is 18.6. The lowest BCUT2D eigenvalue weighted by molar-refractivity contribution is 0.0559. The summed E-state index contributed by atoms with van der Waals surface area (Å²) in [6, 6.07) is 33.2. The van der Waals surface area contributed by atoms with Gasteiger partial charge in [-0.15, -0.1) is 0 Å². The van der Waals surface area contributed by atoms with Gasteiger partial charge in [-0.2, -0.15) is 0 Å². The number of benzene rings is 5. The number of phenols is 1. The number of hydrogen-bond donors (Lipinski definition) is 3. The van der Waals surface area contributed by atoms with Crippen molar-refractivity contribution in [2.45, 2.75) is 178 Å². The Morgan fingerprint density at radius 2 is 0.914 bits per heavy atom. The molecule has 2 atom stereocenters. The third-order valence-electron chi connectivity index (χ3n) is 15.7. The highest BCUT2D eigenvalue weighted by molar-refractivity contribution is 6.21. The maximum absolute atomic E-state index is 12.6. The summed E-state index contributed by atoms with van der Waals surface area (Å²) >= 11 is 0. The lowest BCUT2D eigenvalue weighted by Gasteiger charge is -2.34. The summed E-state index contributed by atoms with van der Waals surface area (Å²) in [5.74, 6) is 0.731. The van der Waals surface area contributed by atoms with Crippen LogP contribution in [0, 0.1) is 38.5 Å². The number of fused-ring (bicyclic) bond motifs is 1. The molecule has 0 spiro atoms. The number of aromatic hydroxyl groups is 1. The number of aliphatic hydroxyl groups is 2. The van der Waals surface area contributed by atoms with Crippen LogP contribution < -0.4 is 4.74 Å². The molecular formula is C63H85NO6. The van der Waals surface area contributed by atoms with Crippen LogP contribution >= 0.6 is 0 Å². The largest absolute Gasteiger partial charge is 0.508 e. The Morgan fingerprint density at radius 3 is 1.29 bits per heavy atom. The minimum absolute atomic E-state index is 0.0489. The molecule has 5 aromatic rings. The first-order valence-electron chi connectivity index (χ1n) is 26.0. The molecule has 1 aliphatic rings. The average molecular weight is 952 g/mol. The number of aliphatic hydroxyl groups excluding tert-OH is 2. The van der Waals surface area contributed by atoms with Crippen LogP contribution in [0.1, 0.15) is 191 Å². The Bertz CT molecular complexity index is 2530. The van der Waals surface area contributed by atoms with E-state index in [9.17, 15) is 24.9 Å². The molecule has 0 saturated carbocycles. The molecule has 1 aliphatic heterocycles. The monoisotopic (exact) mass is 952 g/mol. The van der Waals surface area contributed by atoms with Gasteiger partial charge in [-0.05, 0) is 176 Å². The van der Waals surface area contributed by atoms with Gasteiger partial charge in [0.1, 0.15) is 11.5 Å². The Morgan fingerprint density at radius 1 is 0.529 bits per heavy atom. The van der Waals surface area contributed by atoms with Crippen LogP contribution in [0.4, 0.5) is 0 Å². The van der Waals surface area contributed by atoms with Crippen molar-refractivity contribution in [2.75, 3.05) is 13.2 Å². The molecule has 7 heteroatoms. The third kappa shape index (κ3) is 12.4. The molecule has 70 heavy (non-hydrogen) atoms. The van der Waals surface area contributed by atoms with Crippen LogP contribution in [0.5, 0.6) is 11.5 Å². The lowest BCUT2D eigenvalue weighted by atomic mass is 9.69. The summed E-state index contributed by atoms with van der Waals surface area (Å²) in [4.78, 5) is 26.6. The fourth-order valence-electron chi connectivity index (χ4n) is 10.4. The SMILES string of the molecule is CCC(CC)(c1ccc(CCC(O)C(C)(C)C)c(C)c1)c1ccc(OCCCN2C(=O)c3ccccc3C2=O)c(C)c1.CCC(CC)(c1ccc(O)c(C)c1)c1ccc(CCC(O)C(C)(C)C)c(C)c1. The number of rotatable bonds is 19. The zero-order valence-corrected chi connectivity index (χ0v) is 45.2. The second-order valence-electron chi connectivity index (χ2n) is 22.2. The van der Waals surface area contributed by atoms with Crippen molar-refractivity contribution in [1.82, 2.24) is 4.90 Å². The number of carbonyl (C=O) groups excluding carboxylic acids is 2. The molecule has 1 heterocycles.